The molecule has 0 aliphatic carbocycles. The molecule has 1 atom stereocenters. The Balaban J connectivity index is 1.79. The van der Waals surface area contributed by atoms with Gasteiger partial charge >= 0.3 is 0 Å². The van der Waals surface area contributed by atoms with Crippen LogP contribution in [0, 0.1) is 10.1 Å². The fraction of sp³-hybridized carbons (Fsp3) is 0.0909. The lowest BCUT2D eigenvalue weighted by Gasteiger charge is -2.15. The van der Waals surface area contributed by atoms with Crippen molar-refractivity contribution >= 4 is 50.6 Å². The van der Waals surface area contributed by atoms with Gasteiger partial charge in [-0.1, -0.05) is 51.8 Å². The third-order valence-corrected chi connectivity index (χ3v) is 5.36. The summed E-state index contributed by atoms with van der Waals surface area (Å²) in [7, 11) is 0. The molecule has 0 aliphatic heterocycles. The third-order valence-electron chi connectivity index (χ3n) is 4.54. The number of non-ortho nitro benzene ring substituents is 1. The van der Waals surface area contributed by atoms with Crippen LogP contribution in [0.25, 0.3) is 0 Å². The van der Waals surface area contributed by atoms with Gasteiger partial charge in [-0.25, -0.2) is 0 Å². The number of nitrogens with zero attached hydrogens (tertiary/aromatic N) is 1. The molecule has 0 saturated heterocycles. The molecule has 158 valence electrons. The second kappa shape index (κ2) is 9.82. The highest BCUT2D eigenvalue weighted by molar-refractivity contribution is 9.10. The van der Waals surface area contributed by atoms with E-state index in [0.29, 0.717) is 26.3 Å². The van der Waals surface area contributed by atoms with Gasteiger partial charge < -0.3 is 11.1 Å². The quantitative estimate of drug-likeness (QED) is 0.275. The zero-order valence-electron chi connectivity index (χ0n) is 16.0. The summed E-state index contributed by atoms with van der Waals surface area (Å²) in [6.45, 7) is 0. The molecule has 0 spiro atoms. The second-order valence-electron chi connectivity index (χ2n) is 6.72. The number of ketones is 1. The summed E-state index contributed by atoms with van der Waals surface area (Å²) in [5.41, 5.74) is 7.54. The van der Waals surface area contributed by atoms with Crippen LogP contribution in [0.15, 0.2) is 71.2 Å². The number of nitrogens with two attached hydrogens (primary N) is 1. The smallest absolute Gasteiger partial charge is 0.269 e. The van der Waals surface area contributed by atoms with Crippen LogP contribution in [-0.4, -0.2) is 22.7 Å². The maximum absolute atomic E-state index is 13.0. The molecular weight excluding hydrogens is 486 g/mol. The van der Waals surface area contributed by atoms with Gasteiger partial charge in [0.2, 0.25) is 5.91 Å². The molecule has 31 heavy (non-hydrogen) atoms. The van der Waals surface area contributed by atoms with E-state index in [9.17, 15) is 19.7 Å². The number of nitrogens with one attached hydrogen (secondary N) is 1. The summed E-state index contributed by atoms with van der Waals surface area (Å²) in [4.78, 5) is 35.9. The molecule has 0 heterocycles. The van der Waals surface area contributed by atoms with Crippen LogP contribution in [0.5, 0.6) is 0 Å². The third kappa shape index (κ3) is 5.55. The van der Waals surface area contributed by atoms with Crippen LogP contribution in [0.4, 0.5) is 11.4 Å². The number of amides is 1. The number of halogens is 2. The summed E-state index contributed by atoms with van der Waals surface area (Å²) in [5, 5.41) is 13.8. The van der Waals surface area contributed by atoms with Gasteiger partial charge in [0, 0.05) is 27.7 Å². The fourth-order valence-corrected chi connectivity index (χ4v) is 3.51. The van der Waals surface area contributed by atoms with Crippen molar-refractivity contribution in [1.29, 1.82) is 0 Å². The maximum Gasteiger partial charge on any atom is 0.269 e. The van der Waals surface area contributed by atoms with Crippen molar-refractivity contribution in [3.05, 3.63) is 103 Å². The molecule has 7 nitrogen and oxygen atoms in total. The lowest BCUT2D eigenvalue weighted by molar-refractivity contribution is -0.384. The number of carbonyl (C=O) groups is 2. The first-order valence-corrected chi connectivity index (χ1v) is 10.3. The number of rotatable bonds is 7. The molecule has 3 aromatic rings. The molecule has 0 saturated carbocycles. The molecule has 1 unspecified atom stereocenters. The summed E-state index contributed by atoms with van der Waals surface area (Å²) >= 11 is 9.50. The van der Waals surface area contributed by atoms with E-state index in [-0.39, 0.29) is 23.5 Å². The van der Waals surface area contributed by atoms with Gasteiger partial charge in [0.25, 0.3) is 5.69 Å². The number of hydrogen-bond acceptors (Lipinski definition) is 5. The minimum Gasteiger partial charge on any atom is -0.324 e. The summed E-state index contributed by atoms with van der Waals surface area (Å²) in [6, 6.07) is 16.4. The highest BCUT2D eigenvalue weighted by Crippen LogP contribution is 2.27. The lowest BCUT2D eigenvalue weighted by Crippen LogP contribution is -2.37. The molecule has 9 heteroatoms. The van der Waals surface area contributed by atoms with Gasteiger partial charge in [0.15, 0.2) is 5.78 Å². The van der Waals surface area contributed by atoms with Crippen molar-refractivity contribution in [3.8, 4) is 0 Å². The van der Waals surface area contributed by atoms with Gasteiger partial charge in [-0.15, -0.1) is 0 Å². The van der Waals surface area contributed by atoms with Crippen molar-refractivity contribution in [2.75, 3.05) is 5.32 Å². The Morgan fingerprint density at radius 2 is 1.74 bits per heavy atom. The predicted molar refractivity (Wildman–Crippen MR) is 122 cm³/mol. The number of hydrogen-bond donors (Lipinski definition) is 2. The minimum absolute atomic E-state index is 0.0423. The molecule has 0 fully saturated rings. The Bertz CT molecular complexity index is 1150. The van der Waals surface area contributed by atoms with E-state index in [2.05, 4.69) is 21.2 Å². The topological polar surface area (TPSA) is 115 Å². The van der Waals surface area contributed by atoms with Gasteiger partial charge in [0.1, 0.15) is 0 Å². The lowest BCUT2D eigenvalue weighted by atomic mass is 10.0. The van der Waals surface area contributed by atoms with Crippen LogP contribution in [0.3, 0.4) is 0 Å². The summed E-state index contributed by atoms with van der Waals surface area (Å²) in [5.74, 6) is -0.833. The Hall–Kier alpha value is -3.07. The van der Waals surface area contributed by atoms with Gasteiger partial charge in [-0.05, 0) is 42.3 Å². The predicted octanol–water partition coefficient (Wildman–Crippen LogP) is 4.75. The zero-order valence-corrected chi connectivity index (χ0v) is 18.4. The number of nitro groups is 1. The first-order chi connectivity index (χ1) is 14.8. The van der Waals surface area contributed by atoms with E-state index >= 15 is 0 Å². The van der Waals surface area contributed by atoms with E-state index in [1.165, 1.54) is 12.1 Å². The van der Waals surface area contributed by atoms with Crippen LogP contribution in [0.1, 0.15) is 21.5 Å². The first-order valence-electron chi connectivity index (χ1n) is 9.15. The van der Waals surface area contributed by atoms with Crippen molar-refractivity contribution in [2.45, 2.75) is 12.5 Å². The summed E-state index contributed by atoms with van der Waals surface area (Å²) < 4.78 is 0.663. The normalized spacial score (nSPS) is 11.6. The van der Waals surface area contributed by atoms with E-state index in [4.69, 9.17) is 17.3 Å². The first kappa shape index (κ1) is 22.6. The van der Waals surface area contributed by atoms with Gasteiger partial charge in [-0.2, -0.15) is 0 Å². The van der Waals surface area contributed by atoms with Crippen LogP contribution >= 0.6 is 27.5 Å². The van der Waals surface area contributed by atoms with E-state index in [1.807, 2.05) is 0 Å². The number of carbonyl (C=O) groups excluding carboxylic acids is 2. The van der Waals surface area contributed by atoms with E-state index in [1.54, 1.807) is 54.6 Å². The largest absolute Gasteiger partial charge is 0.324 e. The Morgan fingerprint density at radius 1 is 1.06 bits per heavy atom. The molecule has 0 aliphatic rings. The molecule has 3 N–H and O–H groups in total. The van der Waals surface area contributed by atoms with Crippen molar-refractivity contribution < 1.29 is 14.5 Å². The average molecular weight is 503 g/mol. The molecule has 3 rings (SSSR count). The zero-order chi connectivity index (χ0) is 22.5. The van der Waals surface area contributed by atoms with Crippen LogP contribution in [0.2, 0.25) is 5.02 Å². The Morgan fingerprint density at radius 3 is 2.39 bits per heavy atom. The van der Waals surface area contributed by atoms with Crippen LogP contribution in [-0.2, 0) is 11.2 Å². The van der Waals surface area contributed by atoms with Gasteiger partial charge in [0.05, 0.1) is 21.7 Å². The number of benzene rings is 3. The van der Waals surface area contributed by atoms with Crippen molar-refractivity contribution in [2.24, 2.45) is 5.73 Å². The average Bonchev–Trinajstić information content (AvgIpc) is 2.75. The van der Waals surface area contributed by atoms with E-state index < -0.39 is 16.9 Å². The molecular formula is C22H17BrClN3O4. The summed E-state index contributed by atoms with van der Waals surface area (Å²) in [6.07, 6.45) is 0.175. The van der Waals surface area contributed by atoms with E-state index in [0.717, 1.165) is 0 Å². The standard InChI is InChI=1S/C22H17BrClN3O4/c23-14-7-10-20(17(12-14)21(28)16-3-1-2-4-18(16)24)26-22(29)19(25)11-13-5-8-15(9-6-13)27(30)31/h1-10,12,19H,11,25H2,(H,26,29). The Labute approximate surface area is 191 Å². The highest BCUT2D eigenvalue weighted by Gasteiger charge is 2.21. The van der Waals surface area contributed by atoms with Crippen LogP contribution < -0.4 is 11.1 Å². The fourth-order valence-electron chi connectivity index (χ4n) is 2.93. The Kier molecular flexibility index (Phi) is 7.17. The number of nitro benzene ring substituents is 1. The monoisotopic (exact) mass is 501 g/mol. The molecule has 1 amide bonds. The molecule has 0 radical (unpaired) electrons. The van der Waals surface area contributed by atoms with Gasteiger partial charge in [-0.3, -0.25) is 19.7 Å². The number of anilines is 1. The highest BCUT2D eigenvalue weighted by atomic mass is 79.9. The van der Waals surface area contributed by atoms with Crippen molar-refractivity contribution in [1.82, 2.24) is 0 Å². The molecule has 0 aromatic heterocycles. The molecule has 3 aromatic carbocycles. The second-order valence-corrected chi connectivity index (χ2v) is 8.05. The molecule has 0 bridgehead atoms. The maximum atomic E-state index is 13.0. The van der Waals surface area contributed by atoms with Crippen molar-refractivity contribution in [3.63, 3.8) is 0 Å². The minimum atomic E-state index is -0.923. The SMILES string of the molecule is NC(Cc1ccc([N+](=O)[O-])cc1)C(=O)Nc1ccc(Br)cc1C(=O)c1ccccc1Cl.